The van der Waals surface area contributed by atoms with Crippen LogP contribution < -0.4 is 5.32 Å². The summed E-state index contributed by atoms with van der Waals surface area (Å²) < 4.78 is 27.0. The molecule has 1 aliphatic rings. The Labute approximate surface area is 152 Å². The fraction of sp³-hybridized carbons (Fsp3) is 0.158. The lowest BCUT2D eigenvalue weighted by molar-refractivity contribution is 0.102. The third kappa shape index (κ3) is 3.06. The van der Waals surface area contributed by atoms with Crippen LogP contribution in [0.2, 0.25) is 0 Å². The summed E-state index contributed by atoms with van der Waals surface area (Å²) >= 11 is 0. The highest BCUT2D eigenvalue weighted by Crippen LogP contribution is 2.31. The summed E-state index contributed by atoms with van der Waals surface area (Å²) in [6.45, 7) is 1.99. The first-order valence-corrected chi connectivity index (χ1v) is 9.60. The van der Waals surface area contributed by atoms with Gasteiger partial charge in [-0.05, 0) is 37.3 Å². The minimum Gasteiger partial charge on any atom is -0.306 e. The van der Waals surface area contributed by atoms with Gasteiger partial charge in [-0.2, -0.15) is 5.10 Å². The van der Waals surface area contributed by atoms with E-state index in [4.69, 9.17) is 0 Å². The molecule has 26 heavy (non-hydrogen) atoms. The van der Waals surface area contributed by atoms with Gasteiger partial charge in [0.15, 0.2) is 0 Å². The average Bonchev–Trinajstić information content (AvgIpc) is 3.13. The van der Waals surface area contributed by atoms with Crippen LogP contribution in [0.5, 0.6) is 0 Å². The molecule has 0 radical (unpaired) electrons. The summed E-state index contributed by atoms with van der Waals surface area (Å²) in [7, 11) is -1.02. The molecule has 1 aliphatic heterocycles. The molecule has 0 aliphatic carbocycles. The van der Waals surface area contributed by atoms with Crippen molar-refractivity contribution in [2.24, 2.45) is 0 Å². The van der Waals surface area contributed by atoms with Crippen LogP contribution in [0.15, 0.2) is 48.5 Å². The van der Waals surface area contributed by atoms with Crippen LogP contribution in [0.4, 0.5) is 10.2 Å². The van der Waals surface area contributed by atoms with Crippen molar-refractivity contribution >= 4 is 22.5 Å². The second kappa shape index (κ2) is 6.49. The van der Waals surface area contributed by atoms with Gasteiger partial charge >= 0.3 is 0 Å². The summed E-state index contributed by atoms with van der Waals surface area (Å²) in [5.74, 6) is 0.301. The van der Waals surface area contributed by atoms with Gasteiger partial charge in [0.05, 0.1) is 22.9 Å². The molecule has 5 nitrogen and oxygen atoms in total. The van der Waals surface area contributed by atoms with E-state index in [-0.39, 0.29) is 5.56 Å². The van der Waals surface area contributed by atoms with Crippen LogP contribution in [0, 0.1) is 12.7 Å². The summed E-state index contributed by atoms with van der Waals surface area (Å²) in [4.78, 5) is 12.6. The van der Waals surface area contributed by atoms with E-state index in [0.29, 0.717) is 17.3 Å². The van der Waals surface area contributed by atoms with E-state index in [1.807, 2.05) is 31.2 Å². The molecular formula is C19H16FN3O2S. The maximum absolute atomic E-state index is 13.4. The lowest BCUT2D eigenvalue weighted by Crippen LogP contribution is -2.16. The highest BCUT2D eigenvalue weighted by atomic mass is 32.2. The number of hydrogen-bond donors (Lipinski definition) is 1. The molecule has 0 bridgehead atoms. The molecule has 1 atom stereocenters. The number of carbonyl (C=O) groups is 1. The molecule has 132 valence electrons. The molecule has 1 aromatic heterocycles. The van der Waals surface area contributed by atoms with Gasteiger partial charge in [-0.15, -0.1) is 0 Å². The molecule has 4 rings (SSSR count). The number of halogens is 1. The normalized spacial score (nSPS) is 15.7. The monoisotopic (exact) mass is 369 g/mol. The highest BCUT2D eigenvalue weighted by molar-refractivity contribution is 7.83. The molecule has 0 unspecified atom stereocenters. The van der Waals surface area contributed by atoms with Gasteiger partial charge in [-0.25, -0.2) is 9.07 Å². The SMILES string of the molecule is Cc1ccc(-n2nc3c(c2NC(=O)c2cccc(F)c2)C[S@@](=O)C3)cc1. The molecule has 2 heterocycles. The molecule has 0 spiro atoms. The smallest absolute Gasteiger partial charge is 0.256 e. The number of aromatic nitrogens is 2. The Kier molecular flexibility index (Phi) is 4.16. The lowest BCUT2D eigenvalue weighted by atomic mass is 10.2. The Balaban J connectivity index is 1.75. The molecule has 0 saturated heterocycles. The zero-order valence-electron chi connectivity index (χ0n) is 14.0. The minimum absolute atomic E-state index is 0.217. The van der Waals surface area contributed by atoms with Gasteiger partial charge in [0.25, 0.3) is 5.91 Å². The third-order valence-electron chi connectivity index (χ3n) is 4.27. The number of fused-ring (bicyclic) bond motifs is 1. The molecule has 1 amide bonds. The first kappa shape index (κ1) is 16.7. The molecule has 3 aromatic rings. The predicted octanol–water partition coefficient (Wildman–Crippen LogP) is 3.33. The van der Waals surface area contributed by atoms with E-state index in [1.54, 1.807) is 10.7 Å². The molecular weight excluding hydrogens is 353 g/mol. The van der Waals surface area contributed by atoms with Crippen molar-refractivity contribution in [2.45, 2.75) is 18.4 Å². The quantitative estimate of drug-likeness (QED) is 0.770. The number of nitrogens with zero attached hydrogens (tertiary/aromatic N) is 2. The Morgan fingerprint density at radius 3 is 2.69 bits per heavy atom. The second-order valence-corrected chi connectivity index (χ2v) is 7.67. The van der Waals surface area contributed by atoms with E-state index < -0.39 is 22.5 Å². The highest BCUT2D eigenvalue weighted by Gasteiger charge is 2.28. The first-order chi connectivity index (χ1) is 12.5. The number of rotatable bonds is 3. The third-order valence-corrected chi connectivity index (χ3v) is 5.47. The largest absolute Gasteiger partial charge is 0.306 e. The number of nitrogens with one attached hydrogen (secondary N) is 1. The number of carbonyl (C=O) groups excluding carboxylic acids is 1. The molecule has 7 heteroatoms. The molecule has 1 N–H and O–H groups in total. The molecule has 2 aromatic carbocycles. The summed E-state index contributed by atoms with van der Waals surface area (Å²) in [6, 6.07) is 13.2. The van der Waals surface area contributed by atoms with E-state index >= 15 is 0 Å². The number of anilines is 1. The van der Waals surface area contributed by atoms with Crippen molar-refractivity contribution in [3.8, 4) is 5.69 Å². The van der Waals surface area contributed by atoms with Crippen LogP contribution in [0.1, 0.15) is 27.2 Å². The van der Waals surface area contributed by atoms with Crippen LogP contribution in [0.25, 0.3) is 5.69 Å². The van der Waals surface area contributed by atoms with Gasteiger partial charge in [0, 0.05) is 21.9 Å². The van der Waals surface area contributed by atoms with Crippen LogP contribution >= 0.6 is 0 Å². The van der Waals surface area contributed by atoms with Gasteiger partial charge < -0.3 is 5.32 Å². The summed E-state index contributed by atoms with van der Waals surface area (Å²) in [6.07, 6.45) is 0. The Morgan fingerprint density at radius 2 is 1.96 bits per heavy atom. The Bertz CT molecular complexity index is 1030. The Morgan fingerprint density at radius 1 is 1.19 bits per heavy atom. The van der Waals surface area contributed by atoms with Gasteiger partial charge in [0.2, 0.25) is 0 Å². The minimum atomic E-state index is -1.02. The molecule has 0 saturated carbocycles. The summed E-state index contributed by atoms with van der Waals surface area (Å²) in [5, 5.41) is 7.37. The predicted molar refractivity (Wildman–Crippen MR) is 98.2 cm³/mol. The standard InChI is InChI=1S/C19H16FN3O2S/c1-12-5-7-15(8-6-12)23-18(16-10-26(25)11-17(16)22-23)21-19(24)13-3-2-4-14(20)9-13/h2-9H,10-11H2,1H3,(H,21,24)/t26-/m1/s1. The van der Waals surface area contributed by atoms with Crippen molar-refractivity contribution in [3.05, 3.63) is 76.7 Å². The van der Waals surface area contributed by atoms with Crippen LogP contribution in [-0.2, 0) is 22.3 Å². The lowest BCUT2D eigenvalue weighted by Gasteiger charge is -2.11. The van der Waals surface area contributed by atoms with Crippen molar-refractivity contribution in [1.82, 2.24) is 9.78 Å². The number of hydrogen-bond acceptors (Lipinski definition) is 3. The number of aryl methyl sites for hydroxylation is 1. The number of benzene rings is 2. The van der Waals surface area contributed by atoms with Crippen molar-refractivity contribution in [1.29, 1.82) is 0 Å². The average molecular weight is 369 g/mol. The first-order valence-electron chi connectivity index (χ1n) is 8.11. The van der Waals surface area contributed by atoms with Crippen molar-refractivity contribution in [2.75, 3.05) is 5.32 Å². The topological polar surface area (TPSA) is 64.0 Å². The van der Waals surface area contributed by atoms with Crippen LogP contribution in [-0.4, -0.2) is 19.9 Å². The van der Waals surface area contributed by atoms with Gasteiger partial charge in [0.1, 0.15) is 11.6 Å². The zero-order valence-corrected chi connectivity index (χ0v) is 14.8. The summed E-state index contributed by atoms with van der Waals surface area (Å²) in [5.41, 5.74) is 3.62. The van der Waals surface area contributed by atoms with Crippen molar-refractivity contribution < 1.29 is 13.4 Å². The van der Waals surface area contributed by atoms with Crippen LogP contribution in [0.3, 0.4) is 0 Å². The van der Waals surface area contributed by atoms with E-state index in [0.717, 1.165) is 22.5 Å². The van der Waals surface area contributed by atoms with Crippen molar-refractivity contribution in [3.63, 3.8) is 0 Å². The van der Waals surface area contributed by atoms with Gasteiger partial charge in [-0.3, -0.25) is 9.00 Å². The van der Waals surface area contributed by atoms with E-state index in [2.05, 4.69) is 10.4 Å². The Hall–Kier alpha value is -2.80. The number of amides is 1. The fourth-order valence-electron chi connectivity index (χ4n) is 2.94. The fourth-order valence-corrected chi connectivity index (χ4v) is 4.20. The molecule has 0 fully saturated rings. The second-order valence-electron chi connectivity index (χ2n) is 6.21. The van der Waals surface area contributed by atoms with E-state index in [9.17, 15) is 13.4 Å². The van der Waals surface area contributed by atoms with Gasteiger partial charge in [-0.1, -0.05) is 23.8 Å². The zero-order chi connectivity index (χ0) is 18.3. The maximum atomic E-state index is 13.4. The maximum Gasteiger partial charge on any atom is 0.256 e. The van der Waals surface area contributed by atoms with E-state index in [1.165, 1.54) is 18.2 Å².